The van der Waals surface area contributed by atoms with Gasteiger partial charge in [0.25, 0.3) is 0 Å². The second-order valence-corrected chi connectivity index (χ2v) is 7.98. The molecule has 1 heterocycles. The lowest BCUT2D eigenvalue weighted by Gasteiger charge is -2.29. The van der Waals surface area contributed by atoms with Gasteiger partial charge in [-0.15, -0.1) is 0 Å². The molecule has 0 radical (unpaired) electrons. The van der Waals surface area contributed by atoms with Crippen LogP contribution in [0.15, 0.2) is 76.5 Å². The highest BCUT2D eigenvalue weighted by atomic mass is 32.2. The van der Waals surface area contributed by atoms with Gasteiger partial charge in [-0.1, -0.05) is 71.9 Å². The Hall–Kier alpha value is -3.10. The molecule has 2 aromatic rings. The molecule has 1 atom stereocenters. The average molecular weight is 403 g/mol. The Bertz CT molecular complexity index is 1040. The fourth-order valence-electron chi connectivity index (χ4n) is 3.43. The summed E-state index contributed by atoms with van der Waals surface area (Å²) in [6.07, 6.45) is 0. The first-order valence-electron chi connectivity index (χ1n) is 9.33. The van der Waals surface area contributed by atoms with E-state index in [-0.39, 0.29) is 17.3 Å². The third-order valence-electron chi connectivity index (χ3n) is 4.88. The number of benzene rings is 2. The van der Waals surface area contributed by atoms with Gasteiger partial charge >= 0.3 is 0 Å². The number of nitrogens with one attached hydrogen (secondary N) is 1. The number of hydrogen-bond donors (Lipinski definition) is 1. The zero-order chi connectivity index (χ0) is 21.0. The molecule has 1 aliphatic rings. The van der Waals surface area contributed by atoms with Crippen LogP contribution in [0.4, 0.5) is 0 Å². The molecule has 0 saturated heterocycles. The van der Waals surface area contributed by atoms with Gasteiger partial charge in [0, 0.05) is 16.8 Å². The van der Waals surface area contributed by atoms with Crippen molar-refractivity contribution < 1.29 is 9.59 Å². The monoisotopic (exact) mass is 402 g/mol. The van der Waals surface area contributed by atoms with Gasteiger partial charge < -0.3 is 5.32 Å². The lowest BCUT2D eigenvalue weighted by molar-refractivity contribution is -0.113. The Kier molecular flexibility index (Phi) is 6.36. The van der Waals surface area contributed by atoms with Gasteiger partial charge in [0.05, 0.1) is 28.3 Å². The molecule has 0 spiro atoms. The van der Waals surface area contributed by atoms with E-state index in [0.29, 0.717) is 21.7 Å². The maximum atomic E-state index is 12.6. The van der Waals surface area contributed by atoms with Crippen LogP contribution in [0.1, 0.15) is 41.3 Å². The Morgan fingerprint density at radius 1 is 1.07 bits per heavy atom. The highest BCUT2D eigenvalue weighted by Gasteiger charge is 2.33. The Morgan fingerprint density at radius 3 is 2.31 bits per heavy atom. The fourth-order valence-corrected chi connectivity index (χ4v) is 4.42. The van der Waals surface area contributed by atoms with Crippen LogP contribution in [0.25, 0.3) is 0 Å². The van der Waals surface area contributed by atoms with Crippen molar-refractivity contribution in [2.24, 2.45) is 0 Å². The second-order valence-electron chi connectivity index (χ2n) is 7.00. The number of nitriles is 1. The molecule has 0 aromatic heterocycles. The van der Waals surface area contributed by atoms with Crippen LogP contribution in [0.2, 0.25) is 0 Å². The fraction of sp³-hybridized carbons (Fsp3) is 0.208. The normalized spacial score (nSPS) is 16.3. The number of ketones is 2. The molecule has 4 nitrogen and oxygen atoms in total. The Morgan fingerprint density at radius 2 is 1.72 bits per heavy atom. The zero-order valence-corrected chi connectivity index (χ0v) is 17.5. The van der Waals surface area contributed by atoms with E-state index in [4.69, 9.17) is 0 Å². The molecule has 0 bridgehead atoms. The lowest BCUT2D eigenvalue weighted by atomic mass is 9.81. The number of allylic oxidation sites excluding steroid dienone is 3. The van der Waals surface area contributed by atoms with E-state index in [1.165, 1.54) is 18.7 Å². The van der Waals surface area contributed by atoms with Gasteiger partial charge in [0.15, 0.2) is 11.6 Å². The molecule has 0 saturated carbocycles. The largest absolute Gasteiger partial charge is 0.353 e. The zero-order valence-electron chi connectivity index (χ0n) is 16.7. The molecule has 1 unspecified atom stereocenters. The molecule has 0 aliphatic carbocycles. The van der Waals surface area contributed by atoms with E-state index in [2.05, 4.69) is 11.4 Å². The van der Waals surface area contributed by atoms with Crippen LogP contribution >= 0.6 is 11.8 Å². The molecule has 1 N–H and O–H groups in total. The molecule has 146 valence electrons. The smallest absolute Gasteiger partial charge is 0.173 e. The van der Waals surface area contributed by atoms with E-state index in [1.807, 2.05) is 68.4 Å². The molecular formula is C24H22N2O2S. The first-order chi connectivity index (χ1) is 13.9. The Labute approximate surface area is 175 Å². The maximum Gasteiger partial charge on any atom is 0.173 e. The van der Waals surface area contributed by atoms with Crippen molar-refractivity contribution in [2.75, 3.05) is 5.75 Å². The molecule has 0 fully saturated rings. The highest BCUT2D eigenvalue weighted by Crippen LogP contribution is 2.40. The number of thioether (sulfide) groups is 1. The highest BCUT2D eigenvalue weighted by molar-refractivity contribution is 8.03. The van der Waals surface area contributed by atoms with Crippen LogP contribution in [0, 0.1) is 18.3 Å². The summed E-state index contributed by atoms with van der Waals surface area (Å²) in [5.74, 6) is -0.300. The van der Waals surface area contributed by atoms with Crippen molar-refractivity contribution in [2.45, 2.75) is 26.7 Å². The molecule has 0 amide bonds. The van der Waals surface area contributed by atoms with Crippen molar-refractivity contribution in [3.8, 4) is 6.07 Å². The van der Waals surface area contributed by atoms with Gasteiger partial charge in [-0.3, -0.25) is 9.59 Å². The van der Waals surface area contributed by atoms with Gasteiger partial charge in [0.2, 0.25) is 0 Å². The average Bonchev–Trinajstić information content (AvgIpc) is 2.72. The van der Waals surface area contributed by atoms with Crippen molar-refractivity contribution >= 4 is 23.3 Å². The predicted molar refractivity (Wildman–Crippen MR) is 116 cm³/mol. The summed E-state index contributed by atoms with van der Waals surface area (Å²) in [4.78, 5) is 24.9. The summed E-state index contributed by atoms with van der Waals surface area (Å²) in [5.41, 5.74) is 4.40. The molecule has 29 heavy (non-hydrogen) atoms. The minimum Gasteiger partial charge on any atom is -0.353 e. The number of carbonyl (C=O) groups excluding carboxylic acids is 2. The van der Waals surface area contributed by atoms with Crippen LogP contribution < -0.4 is 5.32 Å². The van der Waals surface area contributed by atoms with Crippen LogP contribution in [-0.4, -0.2) is 17.3 Å². The van der Waals surface area contributed by atoms with E-state index in [1.54, 1.807) is 0 Å². The summed E-state index contributed by atoms with van der Waals surface area (Å²) in [5, 5.41) is 13.7. The second kappa shape index (κ2) is 8.93. The van der Waals surface area contributed by atoms with Crippen LogP contribution in [0.5, 0.6) is 0 Å². The van der Waals surface area contributed by atoms with E-state index < -0.39 is 5.92 Å². The third kappa shape index (κ3) is 4.49. The number of hydrogen-bond acceptors (Lipinski definition) is 5. The number of rotatable bonds is 6. The standard InChI is InChI=1S/C24H22N2O2S/c1-15-9-11-18(12-10-15)21(28)14-29-24-20(13-25)23(19-7-5-4-6-8-19)22(17(3)27)16(2)26-24/h4-12,23,26H,14H2,1-3H3. The summed E-state index contributed by atoms with van der Waals surface area (Å²) in [6, 6.07) is 19.3. The summed E-state index contributed by atoms with van der Waals surface area (Å²) >= 11 is 1.30. The number of dihydropyridines is 1. The maximum absolute atomic E-state index is 12.6. The minimum atomic E-state index is -0.433. The quantitative estimate of drug-likeness (QED) is 0.696. The van der Waals surface area contributed by atoms with E-state index in [9.17, 15) is 14.9 Å². The molecular weight excluding hydrogens is 380 g/mol. The van der Waals surface area contributed by atoms with Crippen molar-refractivity contribution in [3.63, 3.8) is 0 Å². The first-order valence-corrected chi connectivity index (χ1v) is 10.3. The summed E-state index contributed by atoms with van der Waals surface area (Å²) in [6.45, 7) is 5.33. The van der Waals surface area contributed by atoms with Crippen LogP contribution in [0.3, 0.4) is 0 Å². The molecule has 2 aromatic carbocycles. The Balaban J connectivity index is 1.93. The number of nitrogens with zero attached hydrogens (tertiary/aromatic N) is 1. The van der Waals surface area contributed by atoms with Crippen LogP contribution in [-0.2, 0) is 4.79 Å². The topological polar surface area (TPSA) is 70.0 Å². The summed E-state index contributed by atoms with van der Waals surface area (Å²) < 4.78 is 0. The predicted octanol–water partition coefficient (Wildman–Crippen LogP) is 4.90. The van der Waals surface area contributed by atoms with Gasteiger partial charge in [-0.25, -0.2) is 0 Å². The lowest BCUT2D eigenvalue weighted by Crippen LogP contribution is -2.27. The number of Topliss-reactive ketones (excluding diaryl/α,β-unsaturated/α-hetero) is 2. The molecule has 3 rings (SSSR count). The SMILES string of the molecule is CC(=O)C1=C(C)NC(SCC(=O)c2ccc(C)cc2)=C(C#N)C1c1ccccc1. The van der Waals surface area contributed by atoms with Crippen molar-refractivity contribution in [3.05, 3.63) is 93.2 Å². The number of carbonyl (C=O) groups is 2. The minimum absolute atomic E-state index is 0.00292. The first kappa shape index (κ1) is 20.6. The van der Waals surface area contributed by atoms with Gasteiger partial charge in [-0.05, 0) is 26.3 Å². The van der Waals surface area contributed by atoms with E-state index >= 15 is 0 Å². The van der Waals surface area contributed by atoms with Crippen molar-refractivity contribution in [1.82, 2.24) is 5.32 Å². The third-order valence-corrected chi connectivity index (χ3v) is 5.90. The number of aryl methyl sites for hydroxylation is 1. The molecule has 1 aliphatic heterocycles. The van der Waals surface area contributed by atoms with E-state index in [0.717, 1.165) is 16.8 Å². The van der Waals surface area contributed by atoms with Gasteiger partial charge in [-0.2, -0.15) is 5.26 Å². The summed E-state index contributed by atoms with van der Waals surface area (Å²) in [7, 11) is 0. The molecule has 5 heteroatoms. The van der Waals surface area contributed by atoms with Gasteiger partial charge in [0.1, 0.15) is 0 Å². The van der Waals surface area contributed by atoms with Crippen molar-refractivity contribution in [1.29, 1.82) is 5.26 Å².